The Bertz CT molecular complexity index is 1240. The van der Waals surface area contributed by atoms with Gasteiger partial charge in [0.05, 0.1) is 11.1 Å². The second kappa shape index (κ2) is 11.3. The fraction of sp³-hybridized carbons (Fsp3) is 0.269. The van der Waals surface area contributed by atoms with Gasteiger partial charge in [-0.2, -0.15) is 0 Å². The highest BCUT2D eigenvalue weighted by Crippen LogP contribution is 2.27. The van der Waals surface area contributed by atoms with Crippen molar-refractivity contribution in [1.29, 1.82) is 0 Å². The van der Waals surface area contributed by atoms with Gasteiger partial charge in [0.15, 0.2) is 0 Å². The van der Waals surface area contributed by atoms with E-state index in [0.29, 0.717) is 28.7 Å². The van der Waals surface area contributed by atoms with Crippen molar-refractivity contribution in [3.8, 4) is 5.75 Å². The molecule has 34 heavy (non-hydrogen) atoms. The molecule has 3 aromatic rings. The quantitative estimate of drug-likeness (QED) is 0.352. The molecule has 2 N–H and O–H groups in total. The number of amides is 1. The first-order chi connectivity index (χ1) is 16.4. The van der Waals surface area contributed by atoms with Crippen molar-refractivity contribution < 1.29 is 19.4 Å². The molecule has 0 unspecified atom stereocenters. The van der Waals surface area contributed by atoms with Gasteiger partial charge in [-0.25, -0.2) is 4.79 Å². The zero-order valence-corrected chi connectivity index (χ0v) is 19.4. The number of carbonyl (C=O) groups is 2. The average molecular weight is 464 g/mol. The monoisotopic (exact) mass is 463 g/mol. The molecular weight excluding hydrogens is 434 g/mol. The van der Waals surface area contributed by atoms with Gasteiger partial charge in [0.1, 0.15) is 17.9 Å². The number of para-hydroxylation sites is 1. The molecule has 0 bridgehead atoms. The summed E-state index contributed by atoms with van der Waals surface area (Å²) in [5.41, 5.74) is 0.235. The molecule has 1 aromatic heterocycles. The number of carbonyl (C=O) groups excluding carboxylic acids is 2. The van der Waals surface area contributed by atoms with Crippen molar-refractivity contribution in [2.24, 2.45) is 0 Å². The number of benzene rings is 2. The number of hydrogen-bond donors (Lipinski definition) is 2. The summed E-state index contributed by atoms with van der Waals surface area (Å²) >= 11 is 0. The second-order valence-electron chi connectivity index (χ2n) is 7.64. The van der Waals surface area contributed by atoms with Gasteiger partial charge < -0.3 is 24.6 Å². The van der Waals surface area contributed by atoms with Crippen molar-refractivity contribution in [3.05, 3.63) is 82.7 Å². The summed E-state index contributed by atoms with van der Waals surface area (Å²) in [6, 6.07) is 12.9. The summed E-state index contributed by atoms with van der Waals surface area (Å²) in [6.07, 6.45) is 1.55. The number of anilines is 1. The number of nitrogens with zero attached hydrogens (tertiary/aromatic N) is 2. The molecule has 0 aliphatic heterocycles. The molecule has 0 saturated heterocycles. The molecule has 0 fully saturated rings. The van der Waals surface area contributed by atoms with Crippen LogP contribution in [-0.4, -0.2) is 52.7 Å². The Morgan fingerprint density at radius 3 is 2.44 bits per heavy atom. The van der Waals surface area contributed by atoms with E-state index in [1.807, 2.05) is 13.8 Å². The van der Waals surface area contributed by atoms with Crippen LogP contribution in [0.5, 0.6) is 5.75 Å². The van der Waals surface area contributed by atoms with Crippen LogP contribution in [0.25, 0.3) is 10.9 Å². The van der Waals surface area contributed by atoms with Crippen LogP contribution >= 0.6 is 0 Å². The minimum atomic E-state index is -0.749. The van der Waals surface area contributed by atoms with Crippen LogP contribution in [0.4, 0.5) is 5.69 Å². The second-order valence-corrected chi connectivity index (χ2v) is 7.64. The van der Waals surface area contributed by atoms with Crippen molar-refractivity contribution >= 4 is 28.5 Å². The molecule has 8 nitrogen and oxygen atoms in total. The SMILES string of the molecule is C=CCn1c(=O)c(C(=O)Nc2ccc(C(=O)OCCN(CC)CC)cc2)c(O)c2ccccc21. The van der Waals surface area contributed by atoms with E-state index in [9.17, 15) is 19.5 Å². The van der Waals surface area contributed by atoms with E-state index in [0.717, 1.165) is 13.1 Å². The number of aromatic hydroxyl groups is 1. The maximum absolute atomic E-state index is 13.0. The first-order valence-corrected chi connectivity index (χ1v) is 11.2. The minimum absolute atomic E-state index is 0.186. The van der Waals surface area contributed by atoms with Gasteiger partial charge in [-0.3, -0.25) is 9.59 Å². The molecular formula is C26H29N3O5. The molecule has 0 aliphatic rings. The van der Waals surface area contributed by atoms with Gasteiger partial charge in [-0.15, -0.1) is 6.58 Å². The number of pyridine rings is 1. The normalized spacial score (nSPS) is 10.9. The highest BCUT2D eigenvalue weighted by atomic mass is 16.5. The fourth-order valence-corrected chi connectivity index (χ4v) is 3.68. The average Bonchev–Trinajstić information content (AvgIpc) is 2.85. The van der Waals surface area contributed by atoms with E-state index >= 15 is 0 Å². The van der Waals surface area contributed by atoms with Gasteiger partial charge in [0, 0.05) is 24.2 Å². The number of nitrogens with one attached hydrogen (secondary N) is 1. The molecule has 0 atom stereocenters. The number of likely N-dealkylation sites (N-methyl/N-ethyl adjacent to an activating group) is 1. The third-order valence-corrected chi connectivity index (χ3v) is 5.60. The standard InChI is InChI=1S/C26H29N3O5/c1-4-15-29-21-10-8-7-9-20(21)23(30)22(25(29)32)24(31)27-19-13-11-18(12-14-19)26(33)34-17-16-28(5-2)6-3/h4,7-14,30H,1,5-6,15-17H2,2-3H3,(H,27,31). The molecule has 0 aliphatic carbocycles. The van der Waals surface area contributed by atoms with E-state index in [2.05, 4.69) is 16.8 Å². The number of fused-ring (bicyclic) bond motifs is 1. The minimum Gasteiger partial charge on any atom is -0.506 e. The summed E-state index contributed by atoms with van der Waals surface area (Å²) in [5, 5.41) is 13.7. The Labute approximate surface area is 198 Å². The Hall–Kier alpha value is -3.91. The van der Waals surface area contributed by atoms with E-state index in [4.69, 9.17) is 4.74 Å². The van der Waals surface area contributed by atoms with E-state index < -0.39 is 17.4 Å². The van der Waals surface area contributed by atoms with E-state index in [1.165, 1.54) is 16.7 Å². The summed E-state index contributed by atoms with van der Waals surface area (Å²) < 4.78 is 6.69. The molecule has 8 heteroatoms. The summed E-state index contributed by atoms with van der Waals surface area (Å²) in [5.74, 6) is -1.59. The lowest BCUT2D eigenvalue weighted by Crippen LogP contribution is -2.29. The van der Waals surface area contributed by atoms with Crippen LogP contribution in [0.1, 0.15) is 34.6 Å². The first kappa shape index (κ1) is 24.7. The Balaban J connectivity index is 1.77. The zero-order chi connectivity index (χ0) is 24.7. The smallest absolute Gasteiger partial charge is 0.338 e. The largest absolute Gasteiger partial charge is 0.506 e. The predicted molar refractivity (Wildman–Crippen MR) is 133 cm³/mol. The van der Waals surface area contributed by atoms with Crippen LogP contribution in [0.15, 0.2) is 66.0 Å². The number of esters is 1. The molecule has 0 spiro atoms. The van der Waals surface area contributed by atoms with E-state index in [1.54, 1.807) is 42.5 Å². The van der Waals surface area contributed by atoms with Crippen molar-refractivity contribution in [1.82, 2.24) is 9.47 Å². The maximum atomic E-state index is 13.0. The molecule has 1 heterocycles. The lowest BCUT2D eigenvalue weighted by atomic mass is 10.1. The summed E-state index contributed by atoms with van der Waals surface area (Å²) in [6.45, 7) is 10.7. The van der Waals surface area contributed by atoms with Crippen LogP contribution in [0, 0.1) is 0 Å². The topological polar surface area (TPSA) is 101 Å². The zero-order valence-electron chi connectivity index (χ0n) is 19.4. The van der Waals surface area contributed by atoms with Crippen LogP contribution in [0.2, 0.25) is 0 Å². The lowest BCUT2D eigenvalue weighted by Gasteiger charge is -2.17. The lowest BCUT2D eigenvalue weighted by molar-refractivity contribution is 0.0466. The third-order valence-electron chi connectivity index (χ3n) is 5.60. The van der Waals surface area contributed by atoms with Crippen LogP contribution in [0.3, 0.4) is 0 Å². The van der Waals surface area contributed by atoms with Gasteiger partial charge in [0.2, 0.25) is 0 Å². The number of aromatic nitrogens is 1. The number of rotatable bonds is 10. The van der Waals surface area contributed by atoms with Crippen molar-refractivity contribution in [2.45, 2.75) is 20.4 Å². The first-order valence-electron chi connectivity index (χ1n) is 11.2. The molecule has 1 amide bonds. The fourth-order valence-electron chi connectivity index (χ4n) is 3.68. The van der Waals surface area contributed by atoms with Crippen molar-refractivity contribution in [3.63, 3.8) is 0 Å². The number of allylic oxidation sites excluding steroid dienone is 1. The summed E-state index contributed by atoms with van der Waals surface area (Å²) in [4.78, 5) is 40.3. The van der Waals surface area contributed by atoms with Gasteiger partial charge in [0.25, 0.3) is 11.5 Å². The van der Waals surface area contributed by atoms with Crippen LogP contribution in [-0.2, 0) is 11.3 Å². The Morgan fingerprint density at radius 2 is 1.79 bits per heavy atom. The summed E-state index contributed by atoms with van der Waals surface area (Å²) in [7, 11) is 0. The van der Waals surface area contributed by atoms with Crippen LogP contribution < -0.4 is 10.9 Å². The highest BCUT2D eigenvalue weighted by Gasteiger charge is 2.22. The van der Waals surface area contributed by atoms with Gasteiger partial charge in [-0.05, 0) is 49.5 Å². The predicted octanol–water partition coefficient (Wildman–Crippen LogP) is 3.64. The molecule has 2 aromatic carbocycles. The number of ether oxygens (including phenoxy) is 1. The Morgan fingerprint density at radius 1 is 1.12 bits per heavy atom. The highest BCUT2D eigenvalue weighted by molar-refractivity contribution is 6.09. The Kier molecular flexibility index (Phi) is 8.21. The molecule has 178 valence electrons. The van der Waals surface area contributed by atoms with Gasteiger partial charge in [-0.1, -0.05) is 32.1 Å². The molecule has 3 rings (SSSR count). The molecule has 0 radical (unpaired) electrons. The number of hydrogen-bond acceptors (Lipinski definition) is 6. The van der Waals surface area contributed by atoms with E-state index in [-0.39, 0.29) is 24.5 Å². The third kappa shape index (κ3) is 5.35. The maximum Gasteiger partial charge on any atom is 0.338 e. The van der Waals surface area contributed by atoms with Crippen molar-refractivity contribution in [2.75, 3.05) is 31.6 Å². The van der Waals surface area contributed by atoms with Gasteiger partial charge >= 0.3 is 5.97 Å². The molecule has 0 saturated carbocycles.